The van der Waals surface area contributed by atoms with Crippen LogP contribution in [0.5, 0.6) is 0 Å². The van der Waals surface area contributed by atoms with E-state index in [4.69, 9.17) is 4.74 Å². The van der Waals surface area contributed by atoms with Crippen molar-refractivity contribution >= 4 is 108 Å². The molecule has 350 valence electrons. The normalized spacial score (nSPS) is 22.9. The van der Waals surface area contributed by atoms with Gasteiger partial charge in [0.2, 0.25) is 0 Å². The molecule has 1 fully saturated rings. The van der Waals surface area contributed by atoms with Gasteiger partial charge in [0, 0.05) is 48.7 Å². The van der Waals surface area contributed by atoms with Gasteiger partial charge in [0.1, 0.15) is 9.53 Å². The van der Waals surface area contributed by atoms with Gasteiger partial charge in [-0.1, -0.05) is 195 Å². The molecule has 0 saturated heterocycles. The topological polar surface area (TPSA) is 19.0 Å². The zero-order valence-corrected chi connectivity index (χ0v) is 45.5. The van der Waals surface area contributed by atoms with Crippen LogP contribution in [-0.4, -0.2) is 19.7 Å². The van der Waals surface area contributed by atoms with E-state index in [1.807, 2.05) is 0 Å². The Hall–Kier alpha value is -5.26. The standard InChI is InChI=1S/C63H60BI2N3O/c1-60(2,3)46-30-34-50(35-31-46)69-55-41-51(67(47-23-15-9-16-24-47)48-25-17-10-18-26-48)40-54-56(55)64(58-57(69)63(66)59(70-58)61(4,5)37-38-62(63,6)65)52-39-45(43-21-13-8-14-22-43)29-36-53(52)68(54)49-32-27-44(28-33-49)42-19-11-7-12-20-42/h8-9,11,13-17,19-36,39-41,59H,7,10,12,18,37-38H2,1-6H3. The van der Waals surface area contributed by atoms with Gasteiger partial charge in [0.25, 0.3) is 6.71 Å². The van der Waals surface area contributed by atoms with E-state index in [0.29, 0.717) is 0 Å². The first-order chi connectivity index (χ1) is 33.7. The molecule has 6 aliphatic rings. The van der Waals surface area contributed by atoms with Gasteiger partial charge in [0.15, 0.2) is 0 Å². The summed E-state index contributed by atoms with van der Waals surface area (Å²) in [6.07, 6.45) is 20.4. The lowest BCUT2D eigenvalue weighted by Gasteiger charge is -2.54. The summed E-state index contributed by atoms with van der Waals surface area (Å²) in [5.41, 5.74) is 20.4. The van der Waals surface area contributed by atoms with E-state index in [1.165, 1.54) is 67.2 Å². The van der Waals surface area contributed by atoms with Crippen molar-refractivity contribution in [2.45, 2.75) is 98.4 Å². The molecule has 70 heavy (non-hydrogen) atoms. The van der Waals surface area contributed by atoms with Gasteiger partial charge in [-0.3, -0.25) is 0 Å². The molecule has 3 aliphatic carbocycles. The molecule has 0 N–H and O–H groups in total. The second kappa shape index (κ2) is 17.2. The minimum Gasteiger partial charge on any atom is -0.500 e. The molecule has 3 aliphatic heterocycles. The lowest BCUT2D eigenvalue weighted by Crippen LogP contribution is -2.62. The molecule has 3 unspecified atom stereocenters. The number of rotatable bonds is 7. The number of para-hydroxylation sites is 1. The van der Waals surface area contributed by atoms with E-state index in [0.717, 1.165) is 66.9 Å². The van der Waals surface area contributed by atoms with Crippen LogP contribution in [0.4, 0.5) is 39.8 Å². The number of hydrogen-bond acceptors (Lipinski definition) is 4. The third-order valence-corrected chi connectivity index (χ3v) is 20.6. The highest BCUT2D eigenvalue weighted by Gasteiger charge is 2.69. The van der Waals surface area contributed by atoms with Gasteiger partial charge < -0.3 is 19.4 Å². The Morgan fingerprint density at radius 3 is 1.90 bits per heavy atom. The first-order valence-electron chi connectivity index (χ1n) is 25.3. The van der Waals surface area contributed by atoms with Gasteiger partial charge >= 0.3 is 0 Å². The monoisotopic (exact) mass is 1140 g/mol. The fraction of sp³-hybridized carbons (Fsp3) is 0.270. The highest BCUT2D eigenvalue weighted by Crippen LogP contribution is 2.66. The lowest BCUT2D eigenvalue weighted by atomic mass is 9.35. The van der Waals surface area contributed by atoms with Crippen molar-refractivity contribution in [3.8, 4) is 11.1 Å². The Morgan fingerprint density at radius 1 is 0.614 bits per heavy atom. The fourth-order valence-electron chi connectivity index (χ4n) is 12.1. The van der Waals surface area contributed by atoms with Crippen LogP contribution in [0.3, 0.4) is 0 Å². The number of alkyl halides is 2. The van der Waals surface area contributed by atoms with Crippen molar-refractivity contribution in [1.29, 1.82) is 0 Å². The summed E-state index contributed by atoms with van der Waals surface area (Å²) in [5.74, 6) is 0. The Bertz CT molecular complexity index is 3200. The molecule has 6 aromatic carbocycles. The predicted octanol–water partition coefficient (Wildman–Crippen LogP) is 16.6. The maximum atomic E-state index is 7.94. The molecule has 0 radical (unpaired) electrons. The zero-order chi connectivity index (χ0) is 48.2. The van der Waals surface area contributed by atoms with Crippen molar-refractivity contribution in [3.63, 3.8) is 0 Å². The van der Waals surface area contributed by atoms with Crippen molar-refractivity contribution in [1.82, 2.24) is 0 Å². The molecule has 6 aromatic rings. The number of allylic oxidation sites excluding steroid dienone is 7. The number of fused-ring (bicyclic) bond motifs is 5. The average molecular weight is 1140 g/mol. The molecule has 3 heterocycles. The van der Waals surface area contributed by atoms with E-state index in [2.05, 4.69) is 277 Å². The van der Waals surface area contributed by atoms with Crippen LogP contribution >= 0.6 is 45.2 Å². The van der Waals surface area contributed by atoms with Crippen LogP contribution in [0.15, 0.2) is 193 Å². The van der Waals surface area contributed by atoms with E-state index in [1.54, 1.807) is 0 Å². The summed E-state index contributed by atoms with van der Waals surface area (Å²) in [4.78, 5) is 7.71. The Morgan fingerprint density at radius 2 is 1.24 bits per heavy atom. The molecule has 4 nitrogen and oxygen atoms in total. The summed E-state index contributed by atoms with van der Waals surface area (Å²) in [7, 11) is 0. The second-order valence-corrected chi connectivity index (χ2v) is 26.1. The molecule has 0 spiro atoms. The first-order valence-corrected chi connectivity index (χ1v) is 27.4. The Balaban J connectivity index is 1.20. The van der Waals surface area contributed by atoms with Crippen molar-refractivity contribution in [2.75, 3.05) is 14.7 Å². The molecule has 3 atom stereocenters. The van der Waals surface area contributed by atoms with Gasteiger partial charge in [-0.25, -0.2) is 0 Å². The molecule has 0 bridgehead atoms. The molecule has 7 heteroatoms. The van der Waals surface area contributed by atoms with Crippen LogP contribution < -0.4 is 25.6 Å². The van der Waals surface area contributed by atoms with Crippen molar-refractivity contribution in [2.24, 2.45) is 5.41 Å². The van der Waals surface area contributed by atoms with E-state index in [-0.39, 0.29) is 30.5 Å². The molecular weight excluding hydrogens is 1080 g/mol. The zero-order valence-electron chi connectivity index (χ0n) is 41.1. The van der Waals surface area contributed by atoms with Gasteiger partial charge in [-0.2, -0.15) is 0 Å². The van der Waals surface area contributed by atoms with Gasteiger partial charge in [-0.05, 0) is 150 Å². The summed E-state index contributed by atoms with van der Waals surface area (Å²) >= 11 is 5.72. The summed E-state index contributed by atoms with van der Waals surface area (Å²) in [6, 6.07) is 52.9. The first kappa shape index (κ1) is 45.9. The number of nitrogens with zero attached hydrogens (tertiary/aromatic N) is 3. The van der Waals surface area contributed by atoms with E-state index < -0.39 is 0 Å². The Kier molecular flexibility index (Phi) is 11.3. The quantitative estimate of drug-likeness (QED) is 0.0901. The maximum absolute atomic E-state index is 7.94. The number of hydrogen-bond donors (Lipinski definition) is 0. The predicted molar refractivity (Wildman–Crippen MR) is 314 cm³/mol. The Labute approximate surface area is 443 Å². The number of halogens is 2. The third-order valence-electron chi connectivity index (χ3n) is 15.9. The van der Waals surface area contributed by atoms with E-state index in [9.17, 15) is 0 Å². The van der Waals surface area contributed by atoms with Gasteiger partial charge in [-0.15, -0.1) is 0 Å². The van der Waals surface area contributed by atoms with Crippen LogP contribution in [0.25, 0.3) is 16.7 Å². The molecule has 0 amide bonds. The SMILES string of the molecule is CC(C)(C)c1ccc(N2C3=C(OC4C(C)(C)CCC(C)(I)C34I)B3c4cc(-c5ccccc5)ccc4N(c4ccc(C5=CCCC=C5)cc4)c4cc(N(C5=CCCC=C5)c5ccccc5)cc2c43)cc1. The maximum Gasteiger partial charge on any atom is 0.296 e. The summed E-state index contributed by atoms with van der Waals surface area (Å²) in [6.45, 7) is 14.2. The van der Waals surface area contributed by atoms with E-state index >= 15 is 0 Å². The molecule has 1 saturated carbocycles. The van der Waals surface area contributed by atoms with Crippen LogP contribution in [0.1, 0.15) is 91.2 Å². The molecule has 12 rings (SSSR count). The third kappa shape index (κ3) is 7.40. The largest absolute Gasteiger partial charge is 0.500 e. The fourth-order valence-corrected chi connectivity index (χ4v) is 14.6. The van der Waals surface area contributed by atoms with Crippen molar-refractivity contribution in [3.05, 3.63) is 204 Å². The number of ether oxygens (including phenoxy) is 1. The highest BCUT2D eigenvalue weighted by atomic mass is 127. The van der Waals surface area contributed by atoms with Gasteiger partial charge in [0.05, 0.1) is 17.0 Å². The van der Waals surface area contributed by atoms with Crippen LogP contribution in [0.2, 0.25) is 0 Å². The average Bonchev–Trinajstić information content (AvgIpc) is 3.72. The minimum absolute atomic E-state index is 0.00666. The lowest BCUT2D eigenvalue weighted by molar-refractivity contribution is -0.00339. The smallest absolute Gasteiger partial charge is 0.296 e. The minimum atomic E-state index is -0.376. The van der Waals surface area contributed by atoms with Crippen LogP contribution in [0, 0.1) is 5.41 Å². The second-order valence-electron chi connectivity index (χ2n) is 22.0. The highest BCUT2D eigenvalue weighted by molar-refractivity contribution is 14.1. The number of benzene rings is 6. The van der Waals surface area contributed by atoms with Crippen LogP contribution in [-0.2, 0) is 10.2 Å². The molecular formula is C63H60BI2N3O. The summed E-state index contributed by atoms with van der Waals surface area (Å²) in [5, 5.41) is 0. The van der Waals surface area contributed by atoms with Crippen molar-refractivity contribution < 1.29 is 4.74 Å². The molecule has 0 aromatic heterocycles. The summed E-state index contributed by atoms with van der Waals surface area (Å²) < 4.78 is 7.45. The number of anilines is 7.